The fraction of sp³-hybridized carbons (Fsp3) is 0.833. The molecule has 26 heavy (non-hydrogen) atoms. The molecule has 0 aromatic rings. The predicted octanol–water partition coefficient (Wildman–Crippen LogP) is 7.83. The van der Waals surface area contributed by atoms with E-state index in [1.165, 1.54) is 24.8 Å². The predicted molar refractivity (Wildman–Crippen MR) is 116 cm³/mol. The minimum absolute atomic E-state index is 0.174. The summed E-state index contributed by atoms with van der Waals surface area (Å²) >= 11 is 0. The van der Waals surface area contributed by atoms with E-state index in [0.717, 1.165) is 31.6 Å². The van der Waals surface area contributed by atoms with E-state index in [4.69, 9.17) is 9.47 Å². The van der Waals surface area contributed by atoms with Crippen molar-refractivity contribution in [3.05, 3.63) is 23.3 Å². The Bertz CT molecular complexity index is 406. The van der Waals surface area contributed by atoms with Crippen LogP contribution in [-0.2, 0) is 9.47 Å². The lowest BCUT2D eigenvalue weighted by Gasteiger charge is -2.33. The van der Waals surface area contributed by atoms with Gasteiger partial charge in [-0.1, -0.05) is 43.6 Å². The van der Waals surface area contributed by atoms with Gasteiger partial charge in [0.1, 0.15) is 0 Å². The van der Waals surface area contributed by atoms with Crippen molar-refractivity contribution in [1.29, 1.82) is 0 Å². The summed E-state index contributed by atoms with van der Waals surface area (Å²) in [5.74, 6) is 0.324. The maximum Gasteiger partial charge on any atom is 0.166 e. The minimum Gasteiger partial charge on any atom is -0.348 e. The molecule has 2 nitrogen and oxygen atoms in total. The molecule has 0 aromatic carbocycles. The topological polar surface area (TPSA) is 18.5 Å². The van der Waals surface area contributed by atoms with E-state index in [0.29, 0.717) is 0 Å². The molecule has 0 N–H and O–H groups in total. The van der Waals surface area contributed by atoms with Crippen molar-refractivity contribution in [2.75, 3.05) is 0 Å². The first-order valence-electron chi connectivity index (χ1n) is 10.7. The summed E-state index contributed by atoms with van der Waals surface area (Å²) in [4.78, 5) is 0. The van der Waals surface area contributed by atoms with E-state index in [-0.39, 0.29) is 12.2 Å². The SMILES string of the molecule is CC(=CCCC(C)(OC(C)C)OC(C)C)CCC=C(C)CCCC(C)C. The summed E-state index contributed by atoms with van der Waals surface area (Å²) in [6, 6.07) is 0. The molecule has 0 radical (unpaired) electrons. The molecule has 0 fully saturated rings. The van der Waals surface area contributed by atoms with Crippen molar-refractivity contribution in [3.8, 4) is 0 Å². The Labute approximate surface area is 164 Å². The summed E-state index contributed by atoms with van der Waals surface area (Å²) in [6.07, 6.45) is 13.2. The molecule has 0 aliphatic rings. The second-order valence-electron chi connectivity index (χ2n) is 8.93. The minimum atomic E-state index is -0.494. The van der Waals surface area contributed by atoms with Crippen LogP contribution in [0.2, 0.25) is 0 Å². The van der Waals surface area contributed by atoms with Gasteiger partial charge >= 0.3 is 0 Å². The van der Waals surface area contributed by atoms with Crippen LogP contribution in [-0.4, -0.2) is 18.0 Å². The summed E-state index contributed by atoms with van der Waals surface area (Å²) in [7, 11) is 0. The molecule has 0 aliphatic heterocycles. The number of rotatable bonds is 14. The second kappa shape index (κ2) is 13.6. The summed E-state index contributed by atoms with van der Waals surface area (Å²) in [5, 5.41) is 0. The van der Waals surface area contributed by atoms with Gasteiger partial charge in [-0.3, -0.25) is 0 Å². The van der Waals surface area contributed by atoms with Crippen molar-refractivity contribution in [2.45, 2.75) is 125 Å². The molecular formula is C24H46O2. The highest BCUT2D eigenvalue weighted by atomic mass is 16.7. The summed E-state index contributed by atoms with van der Waals surface area (Å²) in [5.41, 5.74) is 3.01. The quantitative estimate of drug-likeness (QED) is 0.230. The van der Waals surface area contributed by atoms with Crippen molar-refractivity contribution in [3.63, 3.8) is 0 Å². The van der Waals surface area contributed by atoms with Crippen LogP contribution in [0.1, 0.15) is 107 Å². The molecule has 0 atom stereocenters. The van der Waals surface area contributed by atoms with Crippen LogP contribution in [0.25, 0.3) is 0 Å². The van der Waals surface area contributed by atoms with E-state index in [1.54, 1.807) is 5.57 Å². The van der Waals surface area contributed by atoms with Gasteiger partial charge in [-0.25, -0.2) is 0 Å². The average Bonchev–Trinajstić information content (AvgIpc) is 2.44. The average molecular weight is 367 g/mol. The van der Waals surface area contributed by atoms with E-state index >= 15 is 0 Å². The molecule has 0 amide bonds. The molecule has 0 spiro atoms. The third-order valence-electron chi connectivity index (χ3n) is 4.45. The van der Waals surface area contributed by atoms with Gasteiger partial charge in [-0.15, -0.1) is 0 Å². The molecule has 0 heterocycles. The highest BCUT2D eigenvalue weighted by molar-refractivity contribution is 5.03. The zero-order valence-corrected chi connectivity index (χ0v) is 19.2. The summed E-state index contributed by atoms with van der Waals surface area (Å²) < 4.78 is 12.1. The highest BCUT2D eigenvalue weighted by Gasteiger charge is 2.27. The second-order valence-corrected chi connectivity index (χ2v) is 8.93. The van der Waals surface area contributed by atoms with Gasteiger partial charge in [-0.05, 0) is 86.5 Å². The lowest BCUT2D eigenvalue weighted by atomic mass is 10.0. The fourth-order valence-corrected chi connectivity index (χ4v) is 3.26. The molecule has 0 unspecified atom stereocenters. The number of hydrogen-bond acceptors (Lipinski definition) is 2. The van der Waals surface area contributed by atoms with E-state index in [1.807, 2.05) is 0 Å². The van der Waals surface area contributed by atoms with Gasteiger partial charge in [0.2, 0.25) is 0 Å². The van der Waals surface area contributed by atoms with Crippen LogP contribution >= 0.6 is 0 Å². The largest absolute Gasteiger partial charge is 0.348 e. The molecule has 0 aliphatic carbocycles. The zero-order valence-electron chi connectivity index (χ0n) is 19.2. The first-order valence-corrected chi connectivity index (χ1v) is 10.7. The smallest absolute Gasteiger partial charge is 0.166 e. The maximum absolute atomic E-state index is 6.04. The van der Waals surface area contributed by atoms with Gasteiger partial charge in [0, 0.05) is 6.42 Å². The molecule has 0 saturated carbocycles. The Morgan fingerprint density at radius 1 is 0.808 bits per heavy atom. The Morgan fingerprint density at radius 3 is 1.81 bits per heavy atom. The van der Waals surface area contributed by atoms with Gasteiger partial charge in [0.25, 0.3) is 0 Å². The van der Waals surface area contributed by atoms with Crippen molar-refractivity contribution < 1.29 is 9.47 Å². The Morgan fingerprint density at radius 2 is 1.31 bits per heavy atom. The van der Waals surface area contributed by atoms with E-state index < -0.39 is 5.79 Å². The van der Waals surface area contributed by atoms with Crippen molar-refractivity contribution in [2.24, 2.45) is 5.92 Å². The Balaban J connectivity index is 4.29. The lowest BCUT2D eigenvalue weighted by Crippen LogP contribution is -2.37. The van der Waals surface area contributed by atoms with Gasteiger partial charge < -0.3 is 9.47 Å². The molecule has 0 aromatic heterocycles. The number of allylic oxidation sites excluding steroid dienone is 4. The third-order valence-corrected chi connectivity index (χ3v) is 4.45. The number of hydrogen-bond donors (Lipinski definition) is 0. The van der Waals surface area contributed by atoms with Crippen molar-refractivity contribution in [1.82, 2.24) is 0 Å². The first-order chi connectivity index (χ1) is 12.0. The first kappa shape index (κ1) is 25.4. The van der Waals surface area contributed by atoms with Gasteiger partial charge in [0.15, 0.2) is 5.79 Å². The van der Waals surface area contributed by atoms with Crippen LogP contribution in [0, 0.1) is 5.92 Å². The van der Waals surface area contributed by atoms with Crippen LogP contribution < -0.4 is 0 Å². The van der Waals surface area contributed by atoms with Gasteiger partial charge in [0.05, 0.1) is 12.2 Å². The van der Waals surface area contributed by atoms with Crippen LogP contribution in [0.15, 0.2) is 23.3 Å². The molecular weight excluding hydrogens is 320 g/mol. The maximum atomic E-state index is 6.04. The van der Waals surface area contributed by atoms with Crippen LogP contribution in [0.5, 0.6) is 0 Å². The normalized spacial score (nSPS) is 14.2. The van der Waals surface area contributed by atoms with Crippen LogP contribution in [0.4, 0.5) is 0 Å². The van der Waals surface area contributed by atoms with E-state index in [9.17, 15) is 0 Å². The number of ether oxygens (including phenoxy) is 2. The molecule has 0 rings (SSSR count). The van der Waals surface area contributed by atoms with E-state index in [2.05, 4.69) is 74.5 Å². The molecule has 0 saturated heterocycles. The van der Waals surface area contributed by atoms with Crippen molar-refractivity contribution >= 4 is 0 Å². The van der Waals surface area contributed by atoms with Gasteiger partial charge in [-0.2, -0.15) is 0 Å². The standard InChI is InChI=1S/C24H46O2/c1-19(2)13-10-14-22(7)15-11-16-23(8)17-12-18-24(9,25-20(3)4)26-21(5)6/h15,17,19-21H,10-14,16,18H2,1-9H3. The molecule has 154 valence electrons. The highest BCUT2D eigenvalue weighted by Crippen LogP contribution is 2.24. The fourth-order valence-electron chi connectivity index (χ4n) is 3.26. The summed E-state index contributed by atoms with van der Waals surface area (Å²) in [6.45, 7) is 19.5. The molecule has 0 bridgehead atoms. The monoisotopic (exact) mass is 366 g/mol. The zero-order chi connectivity index (χ0) is 20.2. The Hall–Kier alpha value is -0.600. The molecule has 2 heteroatoms. The Kier molecular flexibility index (Phi) is 13.2. The lowest BCUT2D eigenvalue weighted by molar-refractivity contribution is -0.260. The third kappa shape index (κ3) is 14.6. The van der Waals surface area contributed by atoms with Crippen LogP contribution in [0.3, 0.4) is 0 Å².